The summed E-state index contributed by atoms with van der Waals surface area (Å²) >= 11 is 3.58. The summed E-state index contributed by atoms with van der Waals surface area (Å²) in [5.74, 6) is 0.323. The van der Waals surface area contributed by atoms with Crippen LogP contribution in [0.15, 0.2) is 78.9 Å². The number of aliphatic hydroxyl groups excluding tert-OH is 2. The lowest BCUT2D eigenvalue weighted by molar-refractivity contribution is 0.0960. The SMILES string of the molecule is OC(NC1C=CC=CC1Br)[C@H]1O[C@@H]1C(O)N(CC1C=CC=CC1)c1ccccc1. The molecule has 0 aromatic heterocycles. The molecule has 1 aromatic rings. The van der Waals surface area contributed by atoms with Gasteiger partial charge in [0.1, 0.15) is 18.4 Å². The number of nitrogens with one attached hydrogen (secondary N) is 1. The lowest BCUT2D eigenvalue weighted by Crippen LogP contribution is -2.48. The van der Waals surface area contributed by atoms with Crippen LogP contribution in [-0.4, -0.2) is 52.3 Å². The highest BCUT2D eigenvalue weighted by Crippen LogP contribution is 2.33. The predicted octanol–water partition coefficient (Wildman–Crippen LogP) is 2.88. The van der Waals surface area contributed by atoms with Gasteiger partial charge in [0.2, 0.25) is 0 Å². The Morgan fingerprint density at radius 3 is 2.52 bits per heavy atom. The van der Waals surface area contributed by atoms with E-state index in [1.54, 1.807) is 0 Å². The maximum atomic E-state index is 11.1. The normalized spacial score (nSPS) is 32.2. The van der Waals surface area contributed by atoms with E-state index in [1.807, 2.05) is 65.6 Å². The molecule has 5 nitrogen and oxygen atoms in total. The molecule has 7 atom stereocenters. The van der Waals surface area contributed by atoms with E-state index in [0.29, 0.717) is 12.5 Å². The van der Waals surface area contributed by atoms with Crippen molar-refractivity contribution < 1.29 is 14.9 Å². The Balaban J connectivity index is 1.40. The first kappa shape index (κ1) is 20.6. The minimum atomic E-state index is -0.856. The standard InChI is InChI=1S/C23H27BrN2O3/c24-18-13-7-8-14-19(18)25-22(27)20-21(29-20)23(28)26(17-11-5-2-6-12-17)15-16-9-3-1-4-10-16/h1-9,11-14,16,18-23,25,27-28H,10,15H2/t16?,18?,19?,20-,21-,22?,23?/m0/s1. The highest BCUT2D eigenvalue weighted by molar-refractivity contribution is 9.09. The second-order valence-electron chi connectivity index (χ2n) is 7.63. The maximum Gasteiger partial charge on any atom is 0.156 e. The van der Waals surface area contributed by atoms with Crippen LogP contribution in [0.2, 0.25) is 0 Å². The topological polar surface area (TPSA) is 68.3 Å². The monoisotopic (exact) mass is 458 g/mol. The number of ether oxygens (including phenoxy) is 1. The number of aliphatic hydroxyl groups is 2. The number of benzene rings is 1. The van der Waals surface area contributed by atoms with Gasteiger partial charge in [-0.3, -0.25) is 5.32 Å². The van der Waals surface area contributed by atoms with Gasteiger partial charge in [0.05, 0.1) is 4.83 Å². The van der Waals surface area contributed by atoms with Crippen molar-refractivity contribution in [2.75, 3.05) is 11.4 Å². The van der Waals surface area contributed by atoms with Crippen LogP contribution in [0.3, 0.4) is 0 Å². The number of alkyl halides is 1. The molecule has 0 radical (unpaired) electrons. The van der Waals surface area contributed by atoms with Gasteiger partial charge in [0.25, 0.3) is 0 Å². The van der Waals surface area contributed by atoms with E-state index in [-0.39, 0.29) is 10.9 Å². The quantitative estimate of drug-likeness (QED) is 0.317. The van der Waals surface area contributed by atoms with E-state index < -0.39 is 24.7 Å². The van der Waals surface area contributed by atoms with Gasteiger partial charge in [-0.15, -0.1) is 0 Å². The molecule has 1 fully saturated rings. The van der Waals surface area contributed by atoms with Gasteiger partial charge >= 0.3 is 0 Å². The number of anilines is 1. The van der Waals surface area contributed by atoms with Gasteiger partial charge in [0.15, 0.2) is 6.23 Å². The minimum Gasteiger partial charge on any atom is -0.376 e. The van der Waals surface area contributed by atoms with E-state index in [2.05, 4.69) is 39.5 Å². The Hall–Kier alpha value is -1.70. The minimum absolute atomic E-state index is 0.0265. The molecule has 0 bridgehead atoms. The average molecular weight is 459 g/mol. The summed E-state index contributed by atoms with van der Waals surface area (Å²) in [6, 6.07) is 9.85. The number of rotatable bonds is 8. The van der Waals surface area contributed by atoms with Crippen LogP contribution in [-0.2, 0) is 4.74 Å². The van der Waals surface area contributed by atoms with Crippen molar-refractivity contribution >= 4 is 21.6 Å². The Kier molecular flexibility index (Phi) is 6.67. The van der Waals surface area contributed by atoms with E-state index in [9.17, 15) is 10.2 Å². The molecule has 1 aromatic carbocycles. The third-order valence-electron chi connectivity index (χ3n) is 5.50. The second-order valence-corrected chi connectivity index (χ2v) is 8.68. The molecule has 1 heterocycles. The van der Waals surface area contributed by atoms with Gasteiger partial charge < -0.3 is 19.8 Å². The molecule has 29 heavy (non-hydrogen) atoms. The lowest BCUT2D eigenvalue weighted by Gasteiger charge is -2.32. The molecule has 0 amide bonds. The first-order valence-corrected chi connectivity index (χ1v) is 11.0. The molecule has 3 aliphatic rings. The molecule has 5 unspecified atom stereocenters. The Bertz CT molecular complexity index is 795. The summed E-state index contributed by atoms with van der Waals surface area (Å²) in [5, 5.41) is 24.9. The number of para-hydroxylation sites is 1. The predicted molar refractivity (Wildman–Crippen MR) is 119 cm³/mol. The molecular weight excluding hydrogens is 432 g/mol. The third kappa shape index (κ3) is 5.08. The van der Waals surface area contributed by atoms with Crippen molar-refractivity contribution in [1.29, 1.82) is 0 Å². The van der Waals surface area contributed by atoms with Crippen LogP contribution in [0.25, 0.3) is 0 Å². The van der Waals surface area contributed by atoms with E-state index in [4.69, 9.17) is 4.74 Å². The number of allylic oxidation sites excluding steroid dienone is 5. The highest BCUT2D eigenvalue weighted by atomic mass is 79.9. The number of hydrogen-bond acceptors (Lipinski definition) is 5. The summed E-state index contributed by atoms with van der Waals surface area (Å²) in [6.07, 6.45) is 14.7. The van der Waals surface area contributed by atoms with Crippen LogP contribution in [0.4, 0.5) is 5.69 Å². The summed E-state index contributed by atoms with van der Waals surface area (Å²) in [5.41, 5.74) is 0.945. The van der Waals surface area contributed by atoms with Crippen molar-refractivity contribution in [3.63, 3.8) is 0 Å². The van der Waals surface area contributed by atoms with Crippen LogP contribution in [0, 0.1) is 5.92 Å². The van der Waals surface area contributed by atoms with E-state index >= 15 is 0 Å². The maximum absolute atomic E-state index is 11.1. The lowest BCUT2D eigenvalue weighted by atomic mass is 9.99. The molecule has 1 saturated heterocycles. The first-order valence-electron chi connectivity index (χ1n) is 10.1. The average Bonchev–Trinajstić information content (AvgIpc) is 3.56. The van der Waals surface area contributed by atoms with Gasteiger partial charge in [-0.05, 0) is 24.5 Å². The summed E-state index contributed by atoms with van der Waals surface area (Å²) in [6.45, 7) is 0.682. The highest BCUT2D eigenvalue weighted by Gasteiger charge is 2.51. The zero-order valence-corrected chi connectivity index (χ0v) is 17.7. The molecule has 3 N–H and O–H groups in total. The van der Waals surface area contributed by atoms with E-state index in [0.717, 1.165) is 12.1 Å². The molecule has 154 valence electrons. The summed E-state index contributed by atoms with van der Waals surface area (Å²) in [7, 11) is 0. The zero-order valence-electron chi connectivity index (χ0n) is 16.1. The van der Waals surface area contributed by atoms with Crippen LogP contribution in [0.5, 0.6) is 0 Å². The van der Waals surface area contributed by atoms with Gasteiger partial charge in [0, 0.05) is 18.3 Å². The van der Waals surface area contributed by atoms with Crippen LogP contribution in [0.1, 0.15) is 6.42 Å². The van der Waals surface area contributed by atoms with Gasteiger partial charge in [-0.25, -0.2) is 0 Å². The van der Waals surface area contributed by atoms with Crippen molar-refractivity contribution in [2.45, 2.75) is 42.0 Å². The largest absolute Gasteiger partial charge is 0.376 e. The van der Waals surface area contributed by atoms with Crippen molar-refractivity contribution in [3.05, 3.63) is 78.9 Å². The molecule has 0 saturated carbocycles. The van der Waals surface area contributed by atoms with Crippen molar-refractivity contribution in [1.82, 2.24) is 5.32 Å². The fourth-order valence-corrected chi connectivity index (χ4v) is 4.34. The third-order valence-corrected chi connectivity index (χ3v) is 6.38. The summed E-state index contributed by atoms with van der Waals surface area (Å²) < 4.78 is 5.72. The Morgan fingerprint density at radius 1 is 1.03 bits per heavy atom. The fourth-order valence-electron chi connectivity index (χ4n) is 3.83. The fraction of sp³-hybridized carbons (Fsp3) is 0.391. The van der Waals surface area contributed by atoms with Crippen molar-refractivity contribution in [2.24, 2.45) is 5.92 Å². The smallest absolute Gasteiger partial charge is 0.156 e. The van der Waals surface area contributed by atoms with E-state index in [1.165, 1.54) is 0 Å². The molecule has 4 rings (SSSR count). The molecule has 2 aliphatic carbocycles. The number of halogens is 1. The first-order chi connectivity index (χ1) is 14.1. The summed E-state index contributed by atoms with van der Waals surface area (Å²) in [4.78, 5) is 2.08. The molecule has 6 heteroatoms. The van der Waals surface area contributed by atoms with Crippen LogP contribution < -0.4 is 10.2 Å². The Morgan fingerprint density at radius 2 is 1.79 bits per heavy atom. The Labute approximate surface area is 180 Å². The van der Waals surface area contributed by atoms with Crippen LogP contribution >= 0.6 is 15.9 Å². The van der Waals surface area contributed by atoms with Gasteiger partial charge in [-0.2, -0.15) is 0 Å². The second kappa shape index (κ2) is 9.41. The number of hydrogen-bond donors (Lipinski definition) is 3. The zero-order chi connectivity index (χ0) is 20.2. The molecule has 0 spiro atoms. The molecular formula is C23H27BrN2O3. The number of nitrogens with zero attached hydrogens (tertiary/aromatic N) is 1. The van der Waals surface area contributed by atoms with Gasteiger partial charge in [-0.1, -0.05) is 82.7 Å². The number of epoxide rings is 1. The molecule has 1 aliphatic heterocycles. The van der Waals surface area contributed by atoms with Crippen molar-refractivity contribution in [3.8, 4) is 0 Å².